The summed E-state index contributed by atoms with van der Waals surface area (Å²) in [5.41, 5.74) is 6.64. The highest BCUT2D eigenvalue weighted by Gasteiger charge is 2.35. The predicted octanol–water partition coefficient (Wildman–Crippen LogP) is 3.34. The van der Waals surface area contributed by atoms with E-state index in [0.717, 1.165) is 28.5 Å². The minimum atomic E-state index is -0.786. The third-order valence-electron chi connectivity index (χ3n) is 5.71. The van der Waals surface area contributed by atoms with E-state index in [2.05, 4.69) is 34.7 Å². The Labute approximate surface area is 189 Å². The van der Waals surface area contributed by atoms with Crippen LogP contribution in [0.5, 0.6) is 5.88 Å². The molecule has 8 nitrogen and oxygen atoms in total. The van der Waals surface area contributed by atoms with Crippen LogP contribution in [0.1, 0.15) is 41.7 Å². The Morgan fingerprint density at radius 1 is 1.25 bits per heavy atom. The van der Waals surface area contributed by atoms with Crippen LogP contribution in [0, 0.1) is 5.92 Å². The number of piperidine rings is 1. The van der Waals surface area contributed by atoms with Crippen LogP contribution in [0.3, 0.4) is 0 Å². The number of aromatic nitrogens is 1. The van der Waals surface area contributed by atoms with E-state index in [1.165, 1.54) is 19.4 Å². The van der Waals surface area contributed by atoms with Gasteiger partial charge in [-0.2, -0.15) is 0 Å². The lowest BCUT2D eigenvalue weighted by Gasteiger charge is -2.38. The third-order valence-corrected chi connectivity index (χ3v) is 6.69. The second-order valence-electron chi connectivity index (χ2n) is 7.94. The number of amides is 3. The number of rotatable bonds is 4. The molecule has 3 amide bonds. The highest BCUT2D eigenvalue weighted by Crippen LogP contribution is 2.39. The summed E-state index contributed by atoms with van der Waals surface area (Å²) in [5.74, 6) is -1.81. The highest BCUT2D eigenvalue weighted by molar-refractivity contribution is 7.17. The lowest BCUT2D eigenvalue weighted by Crippen LogP contribution is -2.46. The van der Waals surface area contributed by atoms with Gasteiger partial charge in [0, 0.05) is 11.2 Å². The zero-order chi connectivity index (χ0) is 22.8. The van der Waals surface area contributed by atoms with E-state index in [-0.39, 0.29) is 29.1 Å². The summed E-state index contributed by atoms with van der Waals surface area (Å²) in [7, 11) is 1.36. The Bertz CT molecular complexity index is 1190. The maximum absolute atomic E-state index is 13.2. The molecular formula is C23H24N4O4S. The maximum Gasteiger partial charge on any atom is 0.313 e. The number of carbonyl (C=O) groups excluding carboxylic acids is 3. The summed E-state index contributed by atoms with van der Waals surface area (Å²) in [4.78, 5) is 43.3. The fourth-order valence-electron chi connectivity index (χ4n) is 4.13. The van der Waals surface area contributed by atoms with E-state index in [9.17, 15) is 14.4 Å². The number of primary amides is 1. The van der Waals surface area contributed by atoms with Gasteiger partial charge in [-0.25, -0.2) is 4.98 Å². The molecule has 1 fully saturated rings. The van der Waals surface area contributed by atoms with Crippen molar-refractivity contribution in [3.8, 4) is 5.88 Å². The summed E-state index contributed by atoms with van der Waals surface area (Å²) in [6.07, 6.45) is 3.08. The summed E-state index contributed by atoms with van der Waals surface area (Å²) >= 11 is 1.64. The number of carbonyl (C=O) groups is 3. The fraction of sp³-hybridized carbons (Fsp3) is 0.304. The number of anilines is 1. The number of hydrogen-bond acceptors (Lipinski definition) is 6. The number of fused-ring (bicyclic) bond motifs is 1. The van der Waals surface area contributed by atoms with Crippen LogP contribution in [0.2, 0.25) is 0 Å². The third kappa shape index (κ3) is 4.16. The molecule has 9 heteroatoms. The number of pyridine rings is 1. The zero-order valence-electron chi connectivity index (χ0n) is 17.8. The molecule has 0 aliphatic carbocycles. The summed E-state index contributed by atoms with van der Waals surface area (Å²) in [6.45, 7) is 2.57. The second-order valence-corrected chi connectivity index (χ2v) is 8.85. The molecule has 1 aromatic carbocycles. The standard InChI is InChI=1S/C23H24N4O4S/c1-13-7-8-18(17-12-32-19-6-4-3-5-15(17)19)27(11-13)23(30)21(29)26-14-9-16(20(24)28)22(31-2)25-10-14/h3-6,9-10,12-13,18H,7-8,11H2,1-2H3,(H2,24,28)(H,26,29)/t13-,18?/m0/s1. The van der Waals surface area contributed by atoms with E-state index in [0.29, 0.717) is 6.54 Å². The lowest BCUT2D eigenvalue weighted by molar-refractivity contribution is -0.146. The molecule has 1 saturated heterocycles. The average Bonchev–Trinajstić information content (AvgIpc) is 3.22. The molecule has 166 valence electrons. The quantitative estimate of drug-likeness (QED) is 0.589. The van der Waals surface area contributed by atoms with E-state index < -0.39 is 17.7 Å². The first-order chi connectivity index (χ1) is 15.4. The van der Waals surface area contributed by atoms with E-state index in [4.69, 9.17) is 10.5 Å². The van der Waals surface area contributed by atoms with Gasteiger partial charge in [-0.1, -0.05) is 25.1 Å². The normalized spacial score (nSPS) is 18.4. The van der Waals surface area contributed by atoms with Crippen molar-refractivity contribution in [3.63, 3.8) is 0 Å². The van der Waals surface area contributed by atoms with Gasteiger partial charge in [0.15, 0.2) is 0 Å². The molecule has 32 heavy (non-hydrogen) atoms. The number of ether oxygens (including phenoxy) is 1. The molecule has 0 bridgehead atoms. The van der Waals surface area contributed by atoms with Crippen LogP contribution in [0.25, 0.3) is 10.1 Å². The van der Waals surface area contributed by atoms with Gasteiger partial charge < -0.3 is 20.7 Å². The topological polar surface area (TPSA) is 115 Å². The van der Waals surface area contributed by atoms with Crippen molar-refractivity contribution in [2.75, 3.05) is 19.0 Å². The Balaban J connectivity index is 1.59. The summed E-state index contributed by atoms with van der Waals surface area (Å²) < 4.78 is 6.17. The van der Waals surface area contributed by atoms with Gasteiger partial charge in [0.2, 0.25) is 5.88 Å². The van der Waals surface area contributed by atoms with Crippen molar-refractivity contribution >= 4 is 44.8 Å². The number of benzene rings is 1. The molecule has 0 radical (unpaired) electrons. The molecular weight excluding hydrogens is 428 g/mol. The van der Waals surface area contributed by atoms with Crippen molar-refractivity contribution in [2.24, 2.45) is 11.7 Å². The molecule has 0 spiro atoms. The highest BCUT2D eigenvalue weighted by atomic mass is 32.1. The van der Waals surface area contributed by atoms with Gasteiger partial charge >= 0.3 is 11.8 Å². The molecule has 3 N–H and O–H groups in total. The van der Waals surface area contributed by atoms with Crippen molar-refractivity contribution < 1.29 is 19.1 Å². The van der Waals surface area contributed by atoms with Crippen molar-refractivity contribution in [3.05, 3.63) is 53.0 Å². The maximum atomic E-state index is 13.2. The molecule has 4 rings (SSSR count). The van der Waals surface area contributed by atoms with Crippen LogP contribution in [0.4, 0.5) is 5.69 Å². The number of nitrogens with zero attached hydrogens (tertiary/aromatic N) is 2. The molecule has 3 heterocycles. The number of hydrogen-bond donors (Lipinski definition) is 2. The monoisotopic (exact) mass is 452 g/mol. The molecule has 0 saturated carbocycles. The Kier molecular flexibility index (Phi) is 6.09. The number of nitrogens with two attached hydrogens (primary N) is 1. The van der Waals surface area contributed by atoms with Gasteiger partial charge in [-0.15, -0.1) is 11.3 Å². The van der Waals surface area contributed by atoms with Crippen LogP contribution in [0.15, 0.2) is 41.9 Å². The van der Waals surface area contributed by atoms with Crippen molar-refractivity contribution in [1.82, 2.24) is 9.88 Å². The first-order valence-corrected chi connectivity index (χ1v) is 11.2. The lowest BCUT2D eigenvalue weighted by atomic mass is 9.89. The zero-order valence-corrected chi connectivity index (χ0v) is 18.6. The van der Waals surface area contributed by atoms with E-state index in [1.54, 1.807) is 16.2 Å². The van der Waals surface area contributed by atoms with Gasteiger partial charge in [0.1, 0.15) is 5.56 Å². The van der Waals surface area contributed by atoms with Gasteiger partial charge in [0.25, 0.3) is 5.91 Å². The van der Waals surface area contributed by atoms with E-state index >= 15 is 0 Å². The van der Waals surface area contributed by atoms with Crippen LogP contribution in [-0.2, 0) is 9.59 Å². The number of methoxy groups -OCH3 is 1. The minimum absolute atomic E-state index is 0.0203. The largest absolute Gasteiger partial charge is 0.480 e. The molecule has 1 unspecified atom stereocenters. The Hall–Kier alpha value is -3.46. The average molecular weight is 453 g/mol. The first kappa shape index (κ1) is 21.8. The van der Waals surface area contributed by atoms with Gasteiger partial charge in [0.05, 0.1) is 25.0 Å². The summed E-state index contributed by atoms with van der Waals surface area (Å²) in [5, 5.41) is 5.74. The van der Waals surface area contributed by atoms with Crippen molar-refractivity contribution in [2.45, 2.75) is 25.8 Å². The molecule has 2 aromatic heterocycles. The smallest absolute Gasteiger partial charge is 0.313 e. The predicted molar refractivity (Wildman–Crippen MR) is 123 cm³/mol. The van der Waals surface area contributed by atoms with Crippen LogP contribution >= 0.6 is 11.3 Å². The SMILES string of the molecule is COc1ncc(NC(=O)C(=O)N2C[C@@H](C)CCC2c2csc3ccccc23)cc1C(N)=O. The summed E-state index contributed by atoms with van der Waals surface area (Å²) in [6, 6.07) is 9.26. The van der Waals surface area contributed by atoms with Crippen LogP contribution in [-0.4, -0.2) is 41.3 Å². The Morgan fingerprint density at radius 3 is 2.78 bits per heavy atom. The number of nitrogens with one attached hydrogen (secondary N) is 1. The van der Waals surface area contributed by atoms with Crippen LogP contribution < -0.4 is 15.8 Å². The fourth-order valence-corrected chi connectivity index (χ4v) is 5.14. The second kappa shape index (κ2) is 8.96. The molecule has 2 atom stereocenters. The van der Waals surface area contributed by atoms with Crippen molar-refractivity contribution in [1.29, 1.82) is 0 Å². The van der Waals surface area contributed by atoms with Gasteiger partial charge in [-0.3, -0.25) is 14.4 Å². The molecule has 3 aromatic rings. The number of thiophene rings is 1. The molecule has 1 aliphatic rings. The Morgan fingerprint density at radius 2 is 2.03 bits per heavy atom. The van der Waals surface area contributed by atoms with E-state index in [1.807, 2.05) is 12.1 Å². The minimum Gasteiger partial charge on any atom is -0.480 e. The number of likely N-dealkylation sites (tertiary alicyclic amines) is 1. The van der Waals surface area contributed by atoms with Gasteiger partial charge in [-0.05, 0) is 47.2 Å². The first-order valence-electron chi connectivity index (χ1n) is 10.3. The molecule has 1 aliphatic heterocycles.